The minimum atomic E-state index is -4.43. The third-order valence-corrected chi connectivity index (χ3v) is 5.91. The molecule has 0 aliphatic carbocycles. The van der Waals surface area contributed by atoms with Crippen molar-refractivity contribution < 1.29 is 13.2 Å². The number of aromatic nitrogens is 4. The van der Waals surface area contributed by atoms with E-state index < -0.39 is 11.7 Å². The highest BCUT2D eigenvalue weighted by molar-refractivity contribution is 5.93. The zero-order valence-electron chi connectivity index (χ0n) is 17.5. The summed E-state index contributed by atoms with van der Waals surface area (Å²) in [5.41, 5.74) is 1.52. The second-order valence-corrected chi connectivity index (χ2v) is 8.01. The van der Waals surface area contributed by atoms with E-state index in [0.717, 1.165) is 38.1 Å². The van der Waals surface area contributed by atoms with Gasteiger partial charge in [-0.25, -0.2) is 9.97 Å². The highest BCUT2D eigenvalue weighted by Gasteiger charge is 2.30. The summed E-state index contributed by atoms with van der Waals surface area (Å²) in [6, 6.07) is 9.99. The van der Waals surface area contributed by atoms with Gasteiger partial charge in [-0.15, -0.1) is 0 Å². The van der Waals surface area contributed by atoms with Gasteiger partial charge in [0.15, 0.2) is 0 Å². The fraction of sp³-hybridized carbons (Fsp3) is 0.250. The molecular formula is C24H20F3N5O. The molecular weight excluding hydrogens is 431 g/mol. The Labute approximate surface area is 187 Å². The van der Waals surface area contributed by atoms with Crippen LogP contribution < -0.4 is 10.9 Å². The van der Waals surface area contributed by atoms with E-state index in [-0.39, 0.29) is 11.6 Å². The zero-order chi connectivity index (χ0) is 23.0. The molecule has 3 aromatic heterocycles. The Morgan fingerprint density at radius 1 is 1.03 bits per heavy atom. The number of pyridine rings is 2. The third kappa shape index (κ3) is 4.11. The number of nitrogens with one attached hydrogen (secondary N) is 1. The van der Waals surface area contributed by atoms with Gasteiger partial charge in [-0.05, 0) is 56.3 Å². The number of piperidine rings is 1. The SMILES string of the molecule is O=c1c2cc(-c3ccc(C(F)(F)F)cc3)nc(-c3cccnc3)c2ncn1C1CCNCC1. The van der Waals surface area contributed by atoms with Crippen LogP contribution in [0.3, 0.4) is 0 Å². The predicted molar refractivity (Wildman–Crippen MR) is 119 cm³/mol. The zero-order valence-corrected chi connectivity index (χ0v) is 17.5. The molecule has 9 heteroatoms. The van der Waals surface area contributed by atoms with Crippen molar-refractivity contribution in [1.29, 1.82) is 0 Å². The van der Waals surface area contributed by atoms with E-state index in [1.165, 1.54) is 12.1 Å². The Morgan fingerprint density at radius 2 is 1.79 bits per heavy atom. The number of nitrogens with zero attached hydrogens (tertiary/aromatic N) is 4. The van der Waals surface area contributed by atoms with Crippen molar-refractivity contribution >= 4 is 10.9 Å². The third-order valence-electron chi connectivity index (χ3n) is 5.91. The van der Waals surface area contributed by atoms with Gasteiger partial charge >= 0.3 is 6.18 Å². The van der Waals surface area contributed by atoms with Crippen LogP contribution in [0, 0.1) is 0 Å². The van der Waals surface area contributed by atoms with Crippen LogP contribution in [0.1, 0.15) is 24.4 Å². The summed E-state index contributed by atoms with van der Waals surface area (Å²) in [6.45, 7) is 1.65. The summed E-state index contributed by atoms with van der Waals surface area (Å²) in [4.78, 5) is 26.9. The summed E-state index contributed by atoms with van der Waals surface area (Å²) in [6.07, 6.45) is 2.03. The first-order valence-corrected chi connectivity index (χ1v) is 10.6. The number of fused-ring (bicyclic) bond motifs is 1. The lowest BCUT2D eigenvalue weighted by Gasteiger charge is -2.24. The van der Waals surface area contributed by atoms with Crippen LogP contribution in [0.2, 0.25) is 0 Å². The first kappa shape index (κ1) is 21.3. The molecule has 0 saturated carbocycles. The molecule has 4 aromatic rings. The summed E-state index contributed by atoms with van der Waals surface area (Å²) in [7, 11) is 0. The smallest absolute Gasteiger partial charge is 0.317 e. The second kappa shape index (κ2) is 8.40. The predicted octanol–water partition coefficient (Wildman–Crippen LogP) is 4.46. The number of rotatable bonds is 3. The van der Waals surface area contributed by atoms with Gasteiger partial charge in [-0.2, -0.15) is 13.2 Å². The fourth-order valence-electron chi connectivity index (χ4n) is 4.17. The van der Waals surface area contributed by atoms with E-state index in [1.807, 2.05) is 6.07 Å². The molecule has 6 nitrogen and oxygen atoms in total. The Hall–Kier alpha value is -3.59. The molecule has 4 heterocycles. The average Bonchev–Trinajstić information content (AvgIpc) is 2.84. The molecule has 0 atom stereocenters. The van der Waals surface area contributed by atoms with Crippen LogP contribution in [0.15, 0.2) is 66.0 Å². The first-order valence-electron chi connectivity index (χ1n) is 10.6. The standard InChI is InChI=1S/C24H20F3N5O/c25-24(26,27)17-5-3-15(4-6-17)20-12-19-22(21(31-20)16-2-1-9-29-13-16)30-14-32(23(19)33)18-7-10-28-11-8-18/h1-6,9,12-14,18,28H,7-8,10-11H2. The number of alkyl halides is 3. The van der Waals surface area contributed by atoms with Gasteiger partial charge in [-0.1, -0.05) is 12.1 Å². The number of benzene rings is 1. The van der Waals surface area contributed by atoms with Gasteiger partial charge in [0.1, 0.15) is 5.52 Å². The van der Waals surface area contributed by atoms with Gasteiger partial charge in [0, 0.05) is 29.6 Å². The molecule has 168 valence electrons. The van der Waals surface area contributed by atoms with Crippen molar-refractivity contribution in [3.05, 3.63) is 77.1 Å². The quantitative estimate of drug-likeness (QED) is 0.498. The van der Waals surface area contributed by atoms with E-state index in [0.29, 0.717) is 33.4 Å². The van der Waals surface area contributed by atoms with E-state index in [4.69, 9.17) is 0 Å². The maximum atomic E-state index is 13.5. The molecule has 1 aliphatic heterocycles. The highest BCUT2D eigenvalue weighted by Crippen LogP contribution is 2.32. The molecule has 0 bridgehead atoms. The lowest BCUT2D eigenvalue weighted by atomic mass is 10.0. The van der Waals surface area contributed by atoms with Crippen molar-refractivity contribution in [2.75, 3.05) is 13.1 Å². The Kier molecular flexibility index (Phi) is 5.41. The normalized spacial score (nSPS) is 15.1. The lowest BCUT2D eigenvalue weighted by molar-refractivity contribution is -0.137. The first-order chi connectivity index (χ1) is 15.9. The summed E-state index contributed by atoms with van der Waals surface area (Å²) < 4.78 is 40.7. The molecule has 0 unspecified atom stereocenters. The van der Waals surface area contributed by atoms with Crippen molar-refractivity contribution in [2.24, 2.45) is 0 Å². The van der Waals surface area contributed by atoms with Crippen LogP contribution in [0.25, 0.3) is 33.4 Å². The number of halogens is 3. The molecule has 1 N–H and O–H groups in total. The summed E-state index contributed by atoms with van der Waals surface area (Å²) in [5, 5.41) is 3.66. The Balaban J connectivity index is 1.71. The van der Waals surface area contributed by atoms with Crippen LogP contribution in [-0.4, -0.2) is 32.6 Å². The van der Waals surface area contributed by atoms with Crippen LogP contribution >= 0.6 is 0 Å². The van der Waals surface area contributed by atoms with Crippen LogP contribution in [-0.2, 0) is 6.18 Å². The van der Waals surface area contributed by atoms with Gasteiger partial charge < -0.3 is 5.32 Å². The molecule has 0 spiro atoms. The second-order valence-electron chi connectivity index (χ2n) is 8.01. The van der Waals surface area contributed by atoms with E-state index in [2.05, 4.69) is 20.3 Å². The molecule has 1 saturated heterocycles. The van der Waals surface area contributed by atoms with Crippen molar-refractivity contribution in [3.63, 3.8) is 0 Å². The number of hydrogen-bond donors (Lipinski definition) is 1. The molecule has 5 rings (SSSR count). The van der Waals surface area contributed by atoms with Gasteiger partial charge in [0.25, 0.3) is 5.56 Å². The van der Waals surface area contributed by atoms with E-state index in [9.17, 15) is 18.0 Å². The maximum absolute atomic E-state index is 13.5. The molecule has 0 radical (unpaired) electrons. The average molecular weight is 451 g/mol. The van der Waals surface area contributed by atoms with Gasteiger partial charge in [0.05, 0.1) is 28.7 Å². The molecule has 1 aliphatic rings. The van der Waals surface area contributed by atoms with Gasteiger partial charge in [-0.3, -0.25) is 14.3 Å². The fourth-order valence-corrected chi connectivity index (χ4v) is 4.17. The number of hydrogen-bond acceptors (Lipinski definition) is 5. The minimum Gasteiger partial charge on any atom is -0.317 e. The monoisotopic (exact) mass is 451 g/mol. The van der Waals surface area contributed by atoms with Crippen LogP contribution in [0.5, 0.6) is 0 Å². The maximum Gasteiger partial charge on any atom is 0.416 e. The highest BCUT2D eigenvalue weighted by atomic mass is 19.4. The lowest BCUT2D eigenvalue weighted by Crippen LogP contribution is -2.34. The minimum absolute atomic E-state index is 0.0418. The summed E-state index contributed by atoms with van der Waals surface area (Å²) >= 11 is 0. The Morgan fingerprint density at radius 3 is 2.45 bits per heavy atom. The summed E-state index contributed by atoms with van der Waals surface area (Å²) in [5.74, 6) is 0. The van der Waals surface area contributed by atoms with Crippen molar-refractivity contribution in [3.8, 4) is 22.5 Å². The largest absolute Gasteiger partial charge is 0.416 e. The molecule has 1 fully saturated rings. The molecule has 0 amide bonds. The van der Waals surface area contributed by atoms with Crippen LogP contribution in [0.4, 0.5) is 13.2 Å². The van der Waals surface area contributed by atoms with E-state index >= 15 is 0 Å². The van der Waals surface area contributed by atoms with E-state index in [1.54, 1.807) is 35.4 Å². The Bertz CT molecular complexity index is 1350. The topological polar surface area (TPSA) is 72.7 Å². The molecule has 33 heavy (non-hydrogen) atoms. The van der Waals surface area contributed by atoms with Crippen molar-refractivity contribution in [2.45, 2.75) is 25.1 Å². The van der Waals surface area contributed by atoms with Crippen molar-refractivity contribution in [1.82, 2.24) is 24.8 Å². The van der Waals surface area contributed by atoms with Gasteiger partial charge in [0.2, 0.25) is 0 Å². The molecule has 1 aromatic carbocycles.